The fraction of sp³-hybridized carbons (Fsp3) is 0.176. The van der Waals surface area contributed by atoms with E-state index in [1.165, 1.54) is 12.1 Å². The monoisotopic (exact) mass is 300 g/mol. The number of carbonyl (C=O) groups excluding carboxylic acids is 1. The summed E-state index contributed by atoms with van der Waals surface area (Å²) in [4.78, 5) is 11.8. The molecule has 0 radical (unpaired) electrons. The van der Waals surface area contributed by atoms with Gasteiger partial charge in [0.25, 0.3) is 0 Å². The van der Waals surface area contributed by atoms with E-state index in [0.717, 1.165) is 16.9 Å². The van der Waals surface area contributed by atoms with Crippen molar-refractivity contribution in [2.75, 3.05) is 7.11 Å². The predicted molar refractivity (Wildman–Crippen MR) is 83.5 cm³/mol. The molecule has 0 unspecified atom stereocenters. The van der Waals surface area contributed by atoms with Gasteiger partial charge in [0.15, 0.2) is 0 Å². The number of hydrazone groups is 1. The maximum absolute atomic E-state index is 12.8. The van der Waals surface area contributed by atoms with Crippen molar-refractivity contribution >= 4 is 11.6 Å². The molecule has 0 heterocycles. The Kier molecular flexibility index (Phi) is 5.25. The Labute approximate surface area is 128 Å². The molecular formula is C17H17FN2O2. The number of hydrogen-bond donors (Lipinski definition) is 1. The van der Waals surface area contributed by atoms with Gasteiger partial charge in [-0.3, -0.25) is 4.79 Å². The Morgan fingerprint density at radius 2 is 1.77 bits per heavy atom. The lowest BCUT2D eigenvalue weighted by atomic mass is 10.1. The van der Waals surface area contributed by atoms with E-state index < -0.39 is 0 Å². The largest absolute Gasteiger partial charge is 0.497 e. The number of benzene rings is 2. The van der Waals surface area contributed by atoms with Crippen LogP contribution in [-0.2, 0) is 11.2 Å². The number of methoxy groups -OCH3 is 1. The lowest BCUT2D eigenvalue weighted by Gasteiger charge is -2.04. The van der Waals surface area contributed by atoms with Crippen molar-refractivity contribution in [3.05, 3.63) is 65.5 Å². The summed E-state index contributed by atoms with van der Waals surface area (Å²) < 4.78 is 17.9. The van der Waals surface area contributed by atoms with Crippen molar-refractivity contribution in [3.63, 3.8) is 0 Å². The Bertz CT molecular complexity index is 664. The average molecular weight is 300 g/mol. The fourth-order valence-electron chi connectivity index (χ4n) is 1.87. The summed E-state index contributed by atoms with van der Waals surface area (Å²) in [6.45, 7) is 1.81. The van der Waals surface area contributed by atoms with E-state index in [2.05, 4.69) is 10.5 Å². The minimum Gasteiger partial charge on any atom is -0.497 e. The van der Waals surface area contributed by atoms with E-state index in [4.69, 9.17) is 4.74 Å². The van der Waals surface area contributed by atoms with Gasteiger partial charge in [-0.2, -0.15) is 5.10 Å². The maximum atomic E-state index is 12.8. The van der Waals surface area contributed by atoms with Gasteiger partial charge in [0, 0.05) is 0 Å². The Balaban J connectivity index is 1.94. The first-order valence-electron chi connectivity index (χ1n) is 6.80. The van der Waals surface area contributed by atoms with Crippen LogP contribution in [0.15, 0.2) is 53.6 Å². The minimum atomic E-state index is -0.322. The minimum absolute atomic E-state index is 0.152. The first-order chi connectivity index (χ1) is 10.6. The van der Waals surface area contributed by atoms with Crippen LogP contribution in [0.4, 0.5) is 4.39 Å². The number of nitrogens with one attached hydrogen (secondary N) is 1. The smallest absolute Gasteiger partial charge is 0.244 e. The Morgan fingerprint density at radius 1 is 1.14 bits per heavy atom. The highest BCUT2D eigenvalue weighted by atomic mass is 19.1. The van der Waals surface area contributed by atoms with Gasteiger partial charge in [-0.25, -0.2) is 9.82 Å². The summed E-state index contributed by atoms with van der Waals surface area (Å²) in [6, 6.07) is 13.2. The third-order valence-electron chi connectivity index (χ3n) is 3.13. The number of rotatable bonds is 5. The number of ether oxygens (including phenoxy) is 1. The molecule has 0 fully saturated rings. The zero-order valence-electron chi connectivity index (χ0n) is 12.5. The number of carbonyl (C=O) groups is 1. The highest BCUT2D eigenvalue weighted by molar-refractivity contribution is 5.99. The number of halogens is 1. The van der Waals surface area contributed by atoms with Crippen molar-refractivity contribution in [1.82, 2.24) is 5.43 Å². The normalized spacial score (nSPS) is 11.1. The first kappa shape index (κ1) is 15.7. The molecule has 2 aromatic rings. The third-order valence-corrected chi connectivity index (χ3v) is 3.13. The Morgan fingerprint density at radius 3 is 2.36 bits per heavy atom. The van der Waals surface area contributed by atoms with Crippen LogP contribution < -0.4 is 10.2 Å². The van der Waals surface area contributed by atoms with Crippen molar-refractivity contribution in [1.29, 1.82) is 0 Å². The van der Waals surface area contributed by atoms with Crippen molar-refractivity contribution in [3.8, 4) is 5.75 Å². The van der Waals surface area contributed by atoms with Gasteiger partial charge >= 0.3 is 0 Å². The molecular weight excluding hydrogens is 283 g/mol. The van der Waals surface area contributed by atoms with E-state index in [0.29, 0.717) is 5.71 Å². The predicted octanol–water partition coefficient (Wildman–Crippen LogP) is 2.92. The molecule has 1 amide bonds. The number of hydrogen-bond acceptors (Lipinski definition) is 3. The summed E-state index contributed by atoms with van der Waals surface area (Å²) in [5.41, 5.74) is 4.81. The molecule has 0 aromatic heterocycles. The quantitative estimate of drug-likeness (QED) is 0.682. The zero-order chi connectivity index (χ0) is 15.9. The number of amides is 1. The van der Waals surface area contributed by atoms with Crippen LogP contribution >= 0.6 is 0 Å². The standard InChI is InChI=1S/C17H17FN2O2/c1-12(14-5-9-16(22-2)10-6-14)19-20-17(21)11-13-3-7-15(18)8-4-13/h3-10H,11H2,1-2H3,(H,20,21)/b19-12-. The lowest BCUT2D eigenvalue weighted by Crippen LogP contribution is -2.21. The Hall–Kier alpha value is -2.69. The van der Waals surface area contributed by atoms with Gasteiger partial charge < -0.3 is 4.74 Å². The molecule has 2 aromatic carbocycles. The molecule has 0 aliphatic heterocycles. The van der Waals surface area contributed by atoms with Crippen LogP contribution in [0.3, 0.4) is 0 Å². The highest BCUT2D eigenvalue weighted by Gasteiger charge is 2.04. The molecule has 0 bridgehead atoms. The first-order valence-corrected chi connectivity index (χ1v) is 6.80. The van der Waals surface area contributed by atoms with Gasteiger partial charge in [-0.1, -0.05) is 12.1 Å². The molecule has 0 aliphatic rings. The molecule has 0 aliphatic carbocycles. The van der Waals surface area contributed by atoms with Gasteiger partial charge in [0.1, 0.15) is 11.6 Å². The topological polar surface area (TPSA) is 50.7 Å². The molecule has 0 spiro atoms. The summed E-state index contributed by atoms with van der Waals surface area (Å²) in [7, 11) is 1.60. The van der Waals surface area contributed by atoms with Crippen molar-refractivity contribution in [2.45, 2.75) is 13.3 Å². The van der Waals surface area contributed by atoms with Gasteiger partial charge in [0.05, 0.1) is 19.2 Å². The maximum Gasteiger partial charge on any atom is 0.244 e. The lowest BCUT2D eigenvalue weighted by molar-refractivity contribution is -0.120. The highest BCUT2D eigenvalue weighted by Crippen LogP contribution is 2.11. The molecule has 2 rings (SSSR count). The van der Waals surface area contributed by atoms with E-state index in [1.807, 2.05) is 24.3 Å². The van der Waals surface area contributed by atoms with Crippen LogP contribution in [0.25, 0.3) is 0 Å². The van der Waals surface area contributed by atoms with E-state index in [1.54, 1.807) is 26.2 Å². The SMILES string of the molecule is COc1ccc(/C(C)=N\NC(=O)Cc2ccc(F)cc2)cc1. The molecule has 0 saturated heterocycles. The van der Waals surface area contributed by atoms with E-state index in [9.17, 15) is 9.18 Å². The van der Waals surface area contributed by atoms with Crippen LogP contribution in [0.1, 0.15) is 18.1 Å². The van der Waals surface area contributed by atoms with Gasteiger partial charge in [0.2, 0.25) is 5.91 Å². The van der Waals surface area contributed by atoms with E-state index >= 15 is 0 Å². The second-order valence-corrected chi connectivity index (χ2v) is 4.76. The van der Waals surface area contributed by atoms with Crippen LogP contribution in [0.2, 0.25) is 0 Å². The van der Waals surface area contributed by atoms with Crippen LogP contribution in [0, 0.1) is 5.82 Å². The summed E-state index contributed by atoms with van der Waals surface area (Å²) in [5.74, 6) is 0.189. The zero-order valence-corrected chi connectivity index (χ0v) is 12.5. The van der Waals surface area contributed by atoms with E-state index in [-0.39, 0.29) is 18.1 Å². The molecule has 0 saturated carbocycles. The van der Waals surface area contributed by atoms with Crippen LogP contribution in [-0.4, -0.2) is 18.7 Å². The molecule has 0 atom stereocenters. The summed E-state index contributed by atoms with van der Waals surface area (Å²) >= 11 is 0. The molecule has 4 nitrogen and oxygen atoms in total. The second kappa shape index (κ2) is 7.36. The molecule has 5 heteroatoms. The fourth-order valence-corrected chi connectivity index (χ4v) is 1.87. The summed E-state index contributed by atoms with van der Waals surface area (Å²) in [6.07, 6.45) is 0.152. The third kappa shape index (κ3) is 4.41. The second-order valence-electron chi connectivity index (χ2n) is 4.76. The average Bonchev–Trinajstić information content (AvgIpc) is 2.55. The molecule has 1 N–H and O–H groups in total. The van der Waals surface area contributed by atoms with Gasteiger partial charge in [-0.05, 0) is 54.4 Å². The number of nitrogens with zero attached hydrogens (tertiary/aromatic N) is 1. The molecule has 22 heavy (non-hydrogen) atoms. The van der Waals surface area contributed by atoms with Crippen molar-refractivity contribution < 1.29 is 13.9 Å². The van der Waals surface area contributed by atoms with Crippen molar-refractivity contribution in [2.24, 2.45) is 5.10 Å². The van der Waals surface area contributed by atoms with Gasteiger partial charge in [-0.15, -0.1) is 0 Å². The summed E-state index contributed by atoms with van der Waals surface area (Å²) in [5, 5.41) is 4.07. The molecule has 114 valence electrons. The van der Waals surface area contributed by atoms with Crippen LogP contribution in [0.5, 0.6) is 5.75 Å².